The number of carbonyl (C=O) groups excluding carboxylic acids is 1. The van der Waals surface area contributed by atoms with E-state index >= 15 is 0 Å². The van der Waals surface area contributed by atoms with Gasteiger partial charge in [-0.05, 0) is 31.7 Å². The van der Waals surface area contributed by atoms with Crippen molar-refractivity contribution >= 4 is 5.97 Å². The van der Waals surface area contributed by atoms with Gasteiger partial charge in [0, 0.05) is 18.0 Å². The Kier molecular flexibility index (Phi) is 3.52. The molecular formula is C16H22N2O2. The van der Waals surface area contributed by atoms with Gasteiger partial charge in [0.1, 0.15) is 0 Å². The van der Waals surface area contributed by atoms with Gasteiger partial charge in [0.25, 0.3) is 0 Å². The number of benzene rings is 1. The van der Waals surface area contributed by atoms with Gasteiger partial charge in [0.05, 0.1) is 13.0 Å². The maximum atomic E-state index is 12.2. The number of aryl methyl sites for hydroxylation is 1. The average Bonchev–Trinajstić information content (AvgIpc) is 2.70. The summed E-state index contributed by atoms with van der Waals surface area (Å²) in [6.07, 6.45) is 3.01. The van der Waals surface area contributed by atoms with Gasteiger partial charge in [-0.15, -0.1) is 0 Å². The summed E-state index contributed by atoms with van der Waals surface area (Å²) in [5, 5.41) is 1.90. The molecule has 0 amide bonds. The van der Waals surface area contributed by atoms with E-state index in [0.29, 0.717) is 6.04 Å². The molecule has 0 saturated carbocycles. The van der Waals surface area contributed by atoms with Crippen LogP contribution in [-0.2, 0) is 9.53 Å². The molecule has 2 N–H and O–H groups in total. The normalized spacial score (nSPS) is 33.1. The molecule has 4 nitrogen and oxygen atoms in total. The fourth-order valence-corrected chi connectivity index (χ4v) is 3.86. The smallest absolute Gasteiger partial charge is 0.310 e. The number of hydrazine groups is 1. The van der Waals surface area contributed by atoms with Crippen molar-refractivity contribution in [3.05, 3.63) is 35.4 Å². The number of nitrogens with two attached hydrogens (primary N) is 1. The highest BCUT2D eigenvalue weighted by atomic mass is 16.5. The number of esters is 1. The fraction of sp³-hybridized carbons (Fsp3) is 0.562. The summed E-state index contributed by atoms with van der Waals surface area (Å²) in [5.74, 6) is 6.10. The first-order chi connectivity index (χ1) is 9.61. The van der Waals surface area contributed by atoms with Gasteiger partial charge >= 0.3 is 5.97 Å². The molecule has 0 spiro atoms. The number of ether oxygens (including phenoxy) is 1. The molecule has 2 aliphatic rings. The Morgan fingerprint density at radius 2 is 2.00 bits per heavy atom. The number of hydrogen-bond acceptors (Lipinski definition) is 4. The molecule has 1 aromatic carbocycles. The van der Waals surface area contributed by atoms with E-state index in [-0.39, 0.29) is 23.8 Å². The van der Waals surface area contributed by atoms with Crippen molar-refractivity contribution in [3.8, 4) is 0 Å². The van der Waals surface area contributed by atoms with Crippen molar-refractivity contribution in [2.75, 3.05) is 7.11 Å². The molecule has 2 fully saturated rings. The zero-order valence-electron chi connectivity index (χ0n) is 12.1. The lowest BCUT2D eigenvalue weighted by molar-refractivity contribution is -0.150. The van der Waals surface area contributed by atoms with Crippen molar-refractivity contribution in [2.24, 2.45) is 11.8 Å². The van der Waals surface area contributed by atoms with Crippen LogP contribution in [0.5, 0.6) is 0 Å². The van der Waals surface area contributed by atoms with E-state index in [1.54, 1.807) is 0 Å². The molecule has 4 heteroatoms. The highest BCUT2D eigenvalue weighted by Crippen LogP contribution is 2.45. The van der Waals surface area contributed by atoms with Gasteiger partial charge in [0.15, 0.2) is 0 Å². The van der Waals surface area contributed by atoms with Crippen molar-refractivity contribution in [1.82, 2.24) is 5.01 Å². The van der Waals surface area contributed by atoms with E-state index in [1.807, 2.05) is 5.01 Å². The second-order valence-corrected chi connectivity index (χ2v) is 6.05. The second-order valence-electron chi connectivity index (χ2n) is 6.05. The Bertz CT molecular complexity index is 500. The standard InChI is InChI=1S/C16H22N2O2/c1-10-3-5-11(6-4-10)13-9-12-7-8-14(18(12)17)15(13)16(19)20-2/h3-6,12-15H,7-9,17H2,1-2H3/t12?,13-,14?,15+/m1/s1. The topological polar surface area (TPSA) is 55.6 Å². The van der Waals surface area contributed by atoms with E-state index in [1.165, 1.54) is 18.2 Å². The van der Waals surface area contributed by atoms with Gasteiger partial charge in [-0.1, -0.05) is 29.8 Å². The molecule has 0 aromatic heterocycles. The summed E-state index contributed by atoms with van der Waals surface area (Å²) in [7, 11) is 1.47. The quantitative estimate of drug-likeness (QED) is 0.662. The monoisotopic (exact) mass is 274 g/mol. The van der Waals surface area contributed by atoms with Crippen LogP contribution >= 0.6 is 0 Å². The highest BCUT2D eigenvalue weighted by Gasteiger charge is 2.50. The molecule has 1 aromatic rings. The predicted octanol–water partition coefficient (Wildman–Crippen LogP) is 1.98. The largest absolute Gasteiger partial charge is 0.469 e. The van der Waals surface area contributed by atoms with E-state index in [0.717, 1.165) is 19.3 Å². The Balaban J connectivity index is 1.95. The number of hydrogen-bond donors (Lipinski definition) is 1. The van der Waals surface area contributed by atoms with Gasteiger partial charge < -0.3 is 4.74 Å². The number of nitrogens with zero attached hydrogens (tertiary/aromatic N) is 1. The third-order valence-electron chi connectivity index (χ3n) is 4.95. The predicted molar refractivity (Wildman–Crippen MR) is 76.9 cm³/mol. The molecule has 0 aliphatic carbocycles. The molecule has 0 radical (unpaired) electrons. The molecule has 2 saturated heterocycles. The zero-order valence-corrected chi connectivity index (χ0v) is 12.1. The number of fused-ring (bicyclic) bond motifs is 2. The van der Waals surface area contributed by atoms with Crippen LogP contribution in [-0.4, -0.2) is 30.2 Å². The summed E-state index contributed by atoms with van der Waals surface area (Å²) in [4.78, 5) is 12.2. The summed E-state index contributed by atoms with van der Waals surface area (Å²) in [6.45, 7) is 2.08. The fourth-order valence-electron chi connectivity index (χ4n) is 3.86. The highest BCUT2D eigenvalue weighted by molar-refractivity contribution is 5.75. The van der Waals surface area contributed by atoms with E-state index in [4.69, 9.17) is 10.6 Å². The molecular weight excluding hydrogens is 252 g/mol. The Morgan fingerprint density at radius 1 is 1.30 bits per heavy atom. The lowest BCUT2D eigenvalue weighted by Gasteiger charge is -2.41. The minimum Gasteiger partial charge on any atom is -0.469 e. The number of carbonyl (C=O) groups is 1. The SMILES string of the molecule is COC(=O)[C@@H]1C2CCC(C[C@@H]1c1ccc(C)cc1)N2N. The van der Waals surface area contributed by atoms with Gasteiger partial charge in [-0.2, -0.15) is 0 Å². The third-order valence-corrected chi connectivity index (χ3v) is 4.95. The number of rotatable bonds is 2. The van der Waals surface area contributed by atoms with E-state index in [9.17, 15) is 4.79 Å². The minimum absolute atomic E-state index is 0.118. The van der Waals surface area contributed by atoms with Crippen LogP contribution < -0.4 is 5.84 Å². The molecule has 20 heavy (non-hydrogen) atoms. The maximum absolute atomic E-state index is 12.2. The second kappa shape index (κ2) is 5.19. The average molecular weight is 274 g/mol. The molecule has 2 heterocycles. The van der Waals surface area contributed by atoms with Crippen LogP contribution in [0.25, 0.3) is 0 Å². The summed E-state index contributed by atoms with van der Waals surface area (Å²) < 4.78 is 5.04. The van der Waals surface area contributed by atoms with Crippen molar-refractivity contribution < 1.29 is 9.53 Å². The van der Waals surface area contributed by atoms with Crippen LogP contribution in [0, 0.1) is 12.8 Å². The lowest BCUT2D eigenvalue weighted by atomic mass is 9.76. The Hall–Kier alpha value is -1.39. The first kappa shape index (κ1) is 13.6. The van der Waals surface area contributed by atoms with Gasteiger partial charge in [0.2, 0.25) is 0 Å². The van der Waals surface area contributed by atoms with Crippen molar-refractivity contribution in [2.45, 2.75) is 44.2 Å². The van der Waals surface area contributed by atoms with Crippen LogP contribution in [0.1, 0.15) is 36.3 Å². The molecule has 2 aliphatic heterocycles. The van der Waals surface area contributed by atoms with Gasteiger partial charge in [-0.3, -0.25) is 10.6 Å². The van der Waals surface area contributed by atoms with E-state index in [2.05, 4.69) is 31.2 Å². The third kappa shape index (κ3) is 2.13. The Labute approximate surface area is 119 Å². The van der Waals surface area contributed by atoms with Gasteiger partial charge in [-0.25, -0.2) is 5.01 Å². The molecule has 108 valence electrons. The summed E-state index contributed by atoms with van der Waals surface area (Å²) in [5.41, 5.74) is 2.47. The van der Waals surface area contributed by atoms with Crippen LogP contribution in [0.15, 0.2) is 24.3 Å². The molecule has 4 atom stereocenters. The van der Waals surface area contributed by atoms with Crippen LogP contribution in [0.3, 0.4) is 0 Å². The van der Waals surface area contributed by atoms with E-state index < -0.39 is 0 Å². The lowest BCUT2D eigenvalue weighted by Crippen LogP contribution is -2.54. The maximum Gasteiger partial charge on any atom is 0.310 e. The zero-order chi connectivity index (χ0) is 14.3. The van der Waals surface area contributed by atoms with Crippen molar-refractivity contribution in [1.29, 1.82) is 0 Å². The number of piperidine rings is 1. The number of methoxy groups -OCH3 is 1. The van der Waals surface area contributed by atoms with Crippen LogP contribution in [0.4, 0.5) is 0 Å². The summed E-state index contributed by atoms with van der Waals surface area (Å²) >= 11 is 0. The Morgan fingerprint density at radius 3 is 2.65 bits per heavy atom. The minimum atomic E-state index is -0.147. The first-order valence-corrected chi connectivity index (χ1v) is 7.29. The summed E-state index contributed by atoms with van der Waals surface area (Å²) in [6, 6.07) is 9.02. The first-order valence-electron chi connectivity index (χ1n) is 7.29. The van der Waals surface area contributed by atoms with Crippen LogP contribution in [0.2, 0.25) is 0 Å². The molecule has 2 unspecified atom stereocenters. The molecule has 3 rings (SSSR count). The van der Waals surface area contributed by atoms with Crippen molar-refractivity contribution in [3.63, 3.8) is 0 Å². The molecule has 2 bridgehead atoms.